The Bertz CT molecular complexity index is 759. The molecule has 0 radical (unpaired) electrons. The molecule has 4 aliphatic rings. The molecule has 2 aromatic rings. The second-order valence-electron chi connectivity index (χ2n) is 8.86. The van der Waals surface area contributed by atoms with Gasteiger partial charge in [0, 0.05) is 18.2 Å². The van der Waals surface area contributed by atoms with E-state index in [1.165, 1.54) is 49.8 Å². The molecule has 4 saturated carbocycles. The van der Waals surface area contributed by atoms with Crippen molar-refractivity contribution in [3.8, 4) is 5.75 Å². The Hall–Kier alpha value is -1.87. The van der Waals surface area contributed by atoms with Crippen molar-refractivity contribution in [3.63, 3.8) is 0 Å². The van der Waals surface area contributed by atoms with Gasteiger partial charge in [-0.1, -0.05) is 30.3 Å². The van der Waals surface area contributed by atoms with Gasteiger partial charge in [-0.15, -0.1) is 0 Å². The van der Waals surface area contributed by atoms with Gasteiger partial charge in [0.05, 0.1) is 0 Å². The molecule has 2 nitrogen and oxygen atoms in total. The number of halogens is 1. The molecule has 0 spiro atoms. The van der Waals surface area contributed by atoms with Crippen LogP contribution in [-0.2, 0) is 13.2 Å². The Labute approximate surface area is 161 Å². The topological polar surface area (TPSA) is 21.3 Å². The fraction of sp³-hybridized carbons (Fsp3) is 0.500. The SMILES string of the molecule is Fc1ccc(COc2ccccc2CNC2C3CC4CC(C3)CC2C4)cc1. The van der Waals surface area contributed by atoms with Gasteiger partial charge >= 0.3 is 0 Å². The van der Waals surface area contributed by atoms with Crippen molar-refractivity contribution in [1.29, 1.82) is 0 Å². The van der Waals surface area contributed by atoms with Crippen molar-refractivity contribution in [2.75, 3.05) is 0 Å². The summed E-state index contributed by atoms with van der Waals surface area (Å²) in [5.41, 5.74) is 2.20. The van der Waals surface area contributed by atoms with E-state index in [1.807, 2.05) is 12.1 Å². The van der Waals surface area contributed by atoms with E-state index in [0.29, 0.717) is 12.6 Å². The van der Waals surface area contributed by atoms with E-state index in [9.17, 15) is 4.39 Å². The normalized spacial score (nSPS) is 31.2. The van der Waals surface area contributed by atoms with Crippen LogP contribution in [0.15, 0.2) is 48.5 Å². The summed E-state index contributed by atoms with van der Waals surface area (Å²) in [7, 11) is 0. The van der Waals surface area contributed by atoms with Gasteiger partial charge in [0.1, 0.15) is 18.2 Å². The number of ether oxygens (including phenoxy) is 1. The second-order valence-corrected chi connectivity index (χ2v) is 8.86. The summed E-state index contributed by atoms with van der Waals surface area (Å²) in [6.45, 7) is 1.34. The minimum atomic E-state index is -0.209. The van der Waals surface area contributed by atoms with E-state index in [4.69, 9.17) is 4.74 Å². The van der Waals surface area contributed by atoms with Crippen molar-refractivity contribution < 1.29 is 9.13 Å². The quantitative estimate of drug-likeness (QED) is 0.748. The molecule has 0 unspecified atom stereocenters. The third-order valence-electron chi connectivity index (χ3n) is 7.04. The van der Waals surface area contributed by atoms with Crippen molar-refractivity contribution >= 4 is 0 Å². The summed E-state index contributed by atoms with van der Waals surface area (Å²) in [5, 5.41) is 3.90. The molecule has 0 saturated heterocycles. The third-order valence-corrected chi connectivity index (χ3v) is 7.04. The lowest BCUT2D eigenvalue weighted by atomic mass is 9.54. The fourth-order valence-electron chi connectivity index (χ4n) is 6.02. The Balaban J connectivity index is 1.23. The number of hydrogen-bond donors (Lipinski definition) is 1. The number of rotatable bonds is 6. The first-order valence-electron chi connectivity index (χ1n) is 10.4. The van der Waals surface area contributed by atoms with Crippen LogP contribution in [-0.4, -0.2) is 6.04 Å². The first kappa shape index (κ1) is 17.2. The van der Waals surface area contributed by atoms with Gasteiger partial charge in [-0.2, -0.15) is 0 Å². The van der Waals surface area contributed by atoms with Crippen molar-refractivity contribution in [2.24, 2.45) is 23.7 Å². The number of hydrogen-bond acceptors (Lipinski definition) is 2. The van der Waals surface area contributed by atoms with Crippen LogP contribution < -0.4 is 10.1 Å². The molecule has 0 amide bonds. The highest BCUT2D eigenvalue weighted by molar-refractivity contribution is 5.33. The molecular weight excluding hydrogens is 337 g/mol. The Morgan fingerprint density at radius 3 is 2.22 bits per heavy atom. The molecule has 0 aromatic heterocycles. The summed E-state index contributed by atoms with van der Waals surface area (Å²) >= 11 is 0. The Morgan fingerprint density at radius 2 is 1.52 bits per heavy atom. The molecule has 4 bridgehead atoms. The molecule has 4 aliphatic carbocycles. The van der Waals surface area contributed by atoms with Gasteiger partial charge in [-0.3, -0.25) is 0 Å². The fourth-order valence-corrected chi connectivity index (χ4v) is 6.02. The van der Waals surface area contributed by atoms with Crippen LogP contribution in [0.3, 0.4) is 0 Å². The van der Waals surface area contributed by atoms with Gasteiger partial charge < -0.3 is 10.1 Å². The lowest BCUT2D eigenvalue weighted by molar-refractivity contribution is -0.0143. The van der Waals surface area contributed by atoms with Crippen LogP contribution in [0, 0.1) is 29.5 Å². The highest BCUT2D eigenvalue weighted by atomic mass is 19.1. The largest absolute Gasteiger partial charge is 0.489 e. The van der Waals surface area contributed by atoms with Crippen LogP contribution in [0.2, 0.25) is 0 Å². The van der Waals surface area contributed by atoms with Gasteiger partial charge in [0.2, 0.25) is 0 Å². The molecule has 142 valence electrons. The zero-order valence-electron chi connectivity index (χ0n) is 15.7. The van der Waals surface area contributed by atoms with Crippen LogP contribution in [0.25, 0.3) is 0 Å². The first-order valence-corrected chi connectivity index (χ1v) is 10.4. The molecule has 6 rings (SSSR count). The van der Waals surface area contributed by atoms with E-state index in [1.54, 1.807) is 12.1 Å². The molecule has 4 fully saturated rings. The van der Waals surface area contributed by atoms with E-state index >= 15 is 0 Å². The molecule has 0 heterocycles. The van der Waals surface area contributed by atoms with Gasteiger partial charge in [0.25, 0.3) is 0 Å². The van der Waals surface area contributed by atoms with Gasteiger partial charge in [-0.05, 0) is 79.5 Å². The van der Waals surface area contributed by atoms with Crippen molar-refractivity contribution in [1.82, 2.24) is 5.32 Å². The molecule has 3 heteroatoms. The highest BCUT2D eigenvalue weighted by Crippen LogP contribution is 2.53. The number of para-hydroxylation sites is 1. The minimum Gasteiger partial charge on any atom is -0.489 e. The highest BCUT2D eigenvalue weighted by Gasteiger charge is 2.47. The average molecular weight is 365 g/mol. The second kappa shape index (κ2) is 7.27. The summed E-state index contributed by atoms with van der Waals surface area (Å²) in [6, 6.07) is 15.5. The van der Waals surface area contributed by atoms with Crippen LogP contribution in [0.1, 0.15) is 43.2 Å². The third kappa shape index (κ3) is 3.62. The minimum absolute atomic E-state index is 0.209. The molecule has 2 aromatic carbocycles. The Kier molecular flexibility index (Phi) is 4.65. The standard InChI is InChI=1S/C24H28FNO/c25-22-7-5-16(6-8-22)15-27-23-4-2-1-3-19(23)14-26-24-20-10-17-9-18(12-20)13-21(24)11-17/h1-8,17-18,20-21,24,26H,9-15H2. The lowest BCUT2D eigenvalue weighted by Gasteiger charge is -2.54. The summed E-state index contributed by atoms with van der Waals surface area (Å²) in [6.07, 6.45) is 7.25. The molecule has 0 atom stereocenters. The molecule has 27 heavy (non-hydrogen) atoms. The predicted octanol–water partition coefficient (Wildman–Crippen LogP) is 5.32. The zero-order valence-corrected chi connectivity index (χ0v) is 15.7. The maximum atomic E-state index is 13.1. The van der Waals surface area contributed by atoms with E-state index in [0.717, 1.165) is 41.5 Å². The smallest absolute Gasteiger partial charge is 0.124 e. The van der Waals surface area contributed by atoms with Crippen molar-refractivity contribution in [2.45, 2.75) is 51.3 Å². The van der Waals surface area contributed by atoms with Crippen LogP contribution in [0.5, 0.6) is 5.75 Å². The molecule has 0 aliphatic heterocycles. The van der Waals surface area contributed by atoms with Crippen LogP contribution in [0.4, 0.5) is 4.39 Å². The maximum Gasteiger partial charge on any atom is 0.124 e. The maximum absolute atomic E-state index is 13.1. The zero-order chi connectivity index (χ0) is 18.2. The van der Waals surface area contributed by atoms with E-state index in [2.05, 4.69) is 17.4 Å². The number of nitrogens with one attached hydrogen (secondary N) is 1. The monoisotopic (exact) mass is 365 g/mol. The average Bonchev–Trinajstić information content (AvgIpc) is 2.67. The van der Waals surface area contributed by atoms with E-state index < -0.39 is 0 Å². The summed E-state index contributed by atoms with van der Waals surface area (Å²) in [5.74, 6) is 4.51. The van der Waals surface area contributed by atoms with E-state index in [-0.39, 0.29) is 5.82 Å². The molecular formula is C24H28FNO. The molecule has 1 N–H and O–H groups in total. The van der Waals surface area contributed by atoms with Gasteiger partial charge in [-0.25, -0.2) is 4.39 Å². The van der Waals surface area contributed by atoms with Crippen molar-refractivity contribution in [3.05, 3.63) is 65.5 Å². The number of benzene rings is 2. The summed E-state index contributed by atoms with van der Waals surface area (Å²) in [4.78, 5) is 0. The van der Waals surface area contributed by atoms with Crippen LogP contribution >= 0.6 is 0 Å². The first-order chi connectivity index (χ1) is 13.2. The predicted molar refractivity (Wildman–Crippen MR) is 105 cm³/mol. The summed E-state index contributed by atoms with van der Waals surface area (Å²) < 4.78 is 19.1. The van der Waals surface area contributed by atoms with Gasteiger partial charge in [0.15, 0.2) is 0 Å². The Morgan fingerprint density at radius 1 is 0.852 bits per heavy atom. The lowest BCUT2D eigenvalue weighted by Crippen LogP contribution is -2.54.